The molecule has 186 valence electrons. The van der Waals surface area contributed by atoms with Gasteiger partial charge in [0, 0.05) is 13.1 Å². The van der Waals surface area contributed by atoms with Crippen molar-refractivity contribution in [2.45, 2.75) is 46.8 Å². The fourth-order valence-corrected chi connectivity index (χ4v) is 3.67. The van der Waals surface area contributed by atoms with Gasteiger partial charge in [-0.15, -0.1) is 0 Å². The number of aromatic amines is 1. The zero-order valence-corrected chi connectivity index (χ0v) is 20.2. The highest BCUT2D eigenvalue weighted by atomic mass is 19.1. The summed E-state index contributed by atoms with van der Waals surface area (Å²) in [5.74, 6) is -0.470. The first-order valence-corrected chi connectivity index (χ1v) is 11.6. The molecular formula is C26H31FN4O4. The molecule has 0 aliphatic carbocycles. The highest BCUT2D eigenvalue weighted by molar-refractivity contribution is 6.08. The third-order valence-corrected chi connectivity index (χ3v) is 5.44. The number of nitrogen functional groups attached to an aromatic ring is 1. The van der Waals surface area contributed by atoms with Crippen molar-refractivity contribution in [1.29, 1.82) is 0 Å². The molecule has 0 unspecified atom stereocenters. The van der Waals surface area contributed by atoms with Crippen molar-refractivity contribution in [3.8, 4) is 5.75 Å². The van der Waals surface area contributed by atoms with E-state index in [1.807, 2.05) is 20.8 Å². The van der Waals surface area contributed by atoms with E-state index in [4.69, 9.17) is 10.5 Å². The first kappa shape index (κ1) is 25.7. The summed E-state index contributed by atoms with van der Waals surface area (Å²) in [7, 11) is 0. The second-order valence-corrected chi connectivity index (χ2v) is 8.72. The Kier molecular flexibility index (Phi) is 8.46. The molecule has 35 heavy (non-hydrogen) atoms. The lowest BCUT2D eigenvalue weighted by Crippen LogP contribution is -2.42. The van der Waals surface area contributed by atoms with Crippen LogP contribution < -0.4 is 26.6 Å². The summed E-state index contributed by atoms with van der Waals surface area (Å²) in [6, 6.07) is 12.6. The van der Waals surface area contributed by atoms with Gasteiger partial charge in [0.2, 0.25) is 0 Å². The number of unbranched alkanes of at least 4 members (excludes halogenated alkanes) is 1. The van der Waals surface area contributed by atoms with Gasteiger partial charge < -0.3 is 15.4 Å². The maximum Gasteiger partial charge on any atom is 0.330 e. The maximum absolute atomic E-state index is 13.8. The number of anilines is 2. The molecule has 0 spiro atoms. The normalized spacial score (nSPS) is 11.0. The second kappa shape index (κ2) is 11.5. The van der Waals surface area contributed by atoms with Gasteiger partial charge in [-0.05, 0) is 42.2 Å². The SMILES string of the molecule is CCCCN(C(=O)c1ccccc1OCc1ccc(F)cc1)c1c(N)n(CC(C)C)c(=O)[nH]c1=O. The lowest BCUT2D eigenvalue weighted by molar-refractivity contribution is 0.0981. The predicted molar refractivity (Wildman–Crippen MR) is 134 cm³/mol. The van der Waals surface area contributed by atoms with Crippen LogP contribution in [-0.2, 0) is 13.2 Å². The Bertz CT molecular complexity index is 1280. The summed E-state index contributed by atoms with van der Waals surface area (Å²) in [5.41, 5.74) is 5.88. The molecule has 1 amide bonds. The van der Waals surface area contributed by atoms with E-state index >= 15 is 0 Å². The van der Waals surface area contributed by atoms with E-state index in [-0.39, 0.29) is 42.0 Å². The fraction of sp³-hybridized carbons (Fsp3) is 0.346. The number of aromatic nitrogens is 2. The van der Waals surface area contributed by atoms with E-state index in [1.54, 1.807) is 36.4 Å². The van der Waals surface area contributed by atoms with Crippen LogP contribution in [-0.4, -0.2) is 22.0 Å². The van der Waals surface area contributed by atoms with Crippen LogP contribution in [0.1, 0.15) is 49.5 Å². The number of rotatable bonds is 10. The molecule has 0 saturated carbocycles. The van der Waals surface area contributed by atoms with Crippen LogP contribution in [0.2, 0.25) is 0 Å². The number of nitrogens with two attached hydrogens (primary N) is 1. The molecule has 3 aromatic rings. The number of nitrogens with one attached hydrogen (secondary N) is 1. The number of carbonyl (C=O) groups is 1. The highest BCUT2D eigenvalue weighted by Crippen LogP contribution is 2.26. The third-order valence-electron chi connectivity index (χ3n) is 5.44. The van der Waals surface area contributed by atoms with E-state index in [0.717, 1.165) is 12.0 Å². The number of halogens is 1. The van der Waals surface area contributed by atoms with Crippen LogP contribution in [0.15, 0.2) is 58.1 Å². The molecule has 0 saturated heterocycles. The van der Waals surface area contributed by atoms with Crippen LogP contribution in [0.3, 0.4) is 0 Å². The Balaban J connectivity index is 2.01. The van der Waals surface area contributed by atoms with E-state index in [9.17, 15) is 18.8 Å². The molecule has 3 N–H and O–H groups in total. The molecule has 3 rings (SSSR count). The van der Waals surface area contributed by atoms with E-state index < -0.39 is 17.2 Å². The summed E-state index contributed by atoms with van der Waals surface area (Å²) in [5, 5.41) is 0. The summed E-state index contributed by atoms with van der Waals surface area (Å²) < 4.78 is 20.4. The maximum atomic E-state index is 13.8. The largest absolute Gasteiger partial charge is 0.488 e. The van der Waals surface area contributed by atoms with Gasteiger partial charge in [0.05, 0.1) is 5.56 Å². The van der Waals surface area contributed by atoms with Gasteiger partial charge in [-0.25, -0.2) is 9.18 Å². The molecule has 1 aromatic heterocycles. The van der Waals surface area contributed by atoms with Crippen molar-refractivity contribution >= 4 is 17.4 Å². The Labute approximate surface area is 203 Å². The number of carbonyl (C=O) groups excluding carboxylic acids is 1. The van der Waals surface area contributed by atoms with Gasteiger partial charge in [-0.2, -0.15) is 0 Å². The molecule has 1 heterocycles. The highest BCUT2D eigenvalue weighted by Gasteiger charge is 2.27. The van der Waals surface area contributed by atoms with Crippen molar-refractivity contribution in [3.63, 3.8) is 0 Å². The molecule has 9 heteroatoms. The quantitative estimate of drug-likeness (QED) is 0.455. The van der Waals surface area contributed by atoms with Crippen molar-refractivity contribution in [2.24, 2.45) is 5.92 Å². The number of para-hydroxylation sites is 1. The molecule has 0 fully saturated rings. The number of benzene rings is 2. The minimum atomic E-state index is -0.721. The number of ether oxygens (including phenoxy) is 1. The molecule has 0 aliphatic heterocycles. The van der Waals surface area contributed by atoms with Gasteiger partial charge in [0.1, 0.15) is 24.0 Å². The predicted octanol–water partition coefficient (Wildman–Crippen LogP) is 3.94. The van der Waals surface area contributed by atoms with Gasteiger partial charge in [0.25, 0.3) is 11.5 Å². The average molecular weight is 483 g/mol. The monoisotopic (exact) mass is 482 g/mol. The standard InChI is InChI=1S/C26H31FN4O4/c1-4-5-14-30(22-23(28)31(15-17(2)3)26(34)29-24(22)32)25(33)20-8-6-7-9-21(20)35-16-18-10-12-19(27)13-11-18/h6-13,17H,4-5,14-16,28H2,1-3H3,(H,29,32,34). The molecule has 0 radical (unpaired) electrons. The zero-order valence-electron chi connectivity index (χ0n) is 20.2. The second-order valence-electron chi connectivity index (χ2n) is 8.72. The smallest absolute Gasteiger partial charge is 0.330 e. The fourth-order valence-electron chi connectivity index (χ4n) is 3.67. The summed E-state index contributed by atoms with van der Waals surface area (Å²) in [6.07, 6.45) is 1.39. The first-order chi connectivity index (χ1) is 16.7. The number of nitrogens with zero attached hydrogens (tertiary/aromatic N) is 2. The van der Waals surface area contributed by atoms with Crippen LogP contribution >= 0.6 is 0 Å². The van der Waals surface area contributed by atoms with Gasteiger partial charge >= 0.3 is 5.69 Å². The Morgan fingerprint density at radius 3 is 2.49 bits per heavy atom. The number of amides is 1. The summed E-state index contributed by atoms with van der Waals surface area (Å²) in [6.45, 7) is 6.46. The van der Waals surface area contributed by atoms with E-state index in [1.165, 1.54) is 21.6 Å². The van der Waals surface area contributed by atoms with Gasteiger partial charge in [-0.1, -0.05) is 51.5 Å². The van der Waals surface area contributed by atoms with Gasteiger partial charge in [-0.3, -0.25) is 19.1 Å². The van der Waals surface area contributed by atoms with Crippen LogP contribution in [0.4, 0.5) is 15.9 Å². The minimum absolute atomic E-state index is 0.0541. The lowest BCUT2D eigenvalue weighted by Gasteiger charge is -2.25. The Morgan fingerprint density at radius 1 is 1.14 bits per heavy atom. The number of hydrogen-bond donors (Lipinski definition) is 2. The third kappa shape index (κ3) is 6.17. The topological polar surface area (TPSA) is 110 Å². The molecule has 0 bridgehead atoms. The van der Waals surface area contributed by atoms with E-state index in [2.05, 4.69) is 4.98 Å². The van der Waals surface area contributed by atoms with Crippen molar-refractivity contribution in [1.82, 2.24) is 9.55 Å². The van der Waals surface area contributed by atoms with Crippen LogP contribution in [0.5, 0.6) is 5.75 Å². The summed E-state index contributed by atoms with van der Waals surface area (Å²) in [4.78, 5) is 42.6. The van der Waals surface area contributed by atoms with Gasteiger partial charge in [0.15, 0.2) is 5.69 Å². The molecule has 0 atom stereocenters. The Morgan fingerprint density at radius 2 is 1.83 bits per heavy atom. The zero-order chi connectivity index (χ0) is 25.5. The molecule has 2 aromatic carbocycles. The molecular weight excluding hydrogens is 451 g/mol. The minimum Gasteiger partial charge on any atom is -0.488 e. The van der Waals surface area contributed by atoms with Crippen molar-refractivity contribution < 1.29 is 13.9 Å². The van der Waals surface area contributed by atoms with Crippen LogP contribution in [0, 0.1) is 11.7 Å². The molecule has 0 aliphatic rings. The first-order valence-electron chi connectivity index (χ1n) is 11.6. The van der Waals surface area contributed by atoms with Crippen molar-refractivity contribution in [2.75, 3.05) is 17.2 Å². The van der Waals surface area contributed by atoms with Crippen molar-refractivity contribution in [3.05, 3.63) is 86.3 Å². The van der Waals surface area contributed by atoms with Crippen LogP contribution in [0.25, 0.3) is 0 Å². The number of H-pyrrole nitrogens is 1. The average Bonchev–Trinajstić information content (AvgIpc) is 2.83. The number of hydrogen-bond acceptors (Lipinski definition) is 5. The van der Waals surface area contributed by atoms with E-state index in [0.29, 0.717) is 18.7 Å². The Hall–Kier alpha value is -3.88. The molecule has 8 nitrogen and oxygen atoms in total. The summed E-state index contributed by atoms with van der Waals surface area (Å²) >= 11 is 0. The lowest BCUT2D eigenvalue weighted by atomic mass is 10.1.